The van der Waals surface area contributed by atoms with E-state index in [1.54, 1.807) is 0 Å². The second-order valence-corrected chi connectivity index (χ2v) is 7.61. The summed E-state index contributed by atoms with van der Waals surface area (Å²) < 4.78 is 5.64. The SMILES string of the molecule is CCCCCCCc1ccc(C2CC(CCCCCC)C(=O)O2)cc1. The zero-order chi connectivity index (χ0) is 17.9. The molecule has 1 aliphatic rings. The molecule has 0 bridgehead atoms. The van der Waals surface area contributed by atoms with Gasteiger partial charge in [-0.2, -0.15) is 0 Å². The van der Waals surface area contributed by atoms with Gasteiger partial charge in [-0.1, -0.05) is 89.5 Å². The van der Waals surface area contributed by atoms with Crippen molar-refractivity contribution < 1.29 is 9.53 Å². The Bertz CT molecular complexity index is 491. The molecule has 0 aliphatic carbocycles. The third-order valence-electron chi connectivity index (χ3n) is 5.42. The van der Waals surface area contributed by atoms with Crippen LogP contribution in [0.25, 0.3) is 0 Å². The highest BCUT2D eigenvalue weighted by Gasteiger charge is 2.34. The Kier molecular flexibility index (Phi) is 9.07. The lowest BCUT2D eigenvalue weighted by Crippen LogP contribution is -2.06. The highest BCUT2D eigenvalue weighted by Crippen LogP contribution is 2.36. The van der Waals surface area contributed by atoms with Gasteiger partial charge in [0.05, 0.1) is 5.92 Å². The molecule has 1 aliphatic heterocycles. The summed E-state index contributed by atoms with van der Waals surface area (Å²) in [6.07, 6.45) is 14.5. The minimum absolute atomic E-state index is 0.0153. The first kappa shape index (κ1) is 20.0. The van der Waals surface area contributed by atoms with Crippen molar-refractivity contribution in [2.45, 2.75) is 97.0 Å². The van der Waals surface area contributed by atoms with Crippen LogP contribution in [-0.2, 0) is 16.0 Å². The van der Waals surface area contributed by atoms with Crippen molar-refractivity contribution >= 4 is 5.97 Å². The van der Waals surface area contributed by atoms with Gasteiger partial charge in [0.2, 0.25) is 0 Å². The lowest BCUT2D eigenvalue weighted by atomic mass is 9.94. The summed E-state index contributed by atoms with van der Waals surface area (Å²) in [4.78, 5) is 12.1. The lowest BCUT2D eigenvalue weighted by molar-refractivity contribution is -0.144. The van der Waals surface area contributed by atoms with Gasteiger partial charge >= 0.3 is 5.97 Å². The molecular formula is C23H36O2. The molecule has 0 aromatic heterocycles. The highest BCUT2D eigenvalue weighted by atomic mass is 16.5. The molecule has 2 nitrogen and oxygen atoms in total. The predicted octanol–water partition coefficient (Wildman–Crippen LogP) is 6.77. The van der Waals surface area contributed by atoms with Gasteiger partial charge in [-0.3, -0.25) is 4.79 Å². The molecule has 1 heterocycles. The van der Waals surface area contributed by atoms with Crippen molar-refractivity contribution in [1.29, 1.82) is 0 Å². The first-order valence-electron chi connectivity index (χ1n) is 10.5. The van der Waals surface area contributed by atoms with Gasteiger partial charge in [-0.15, -0.1) is 0 Å². The molecule has 0 radical (unpaired) electrons. The number of cyclic esters (lactones) is 1. The zero-order valence-electron chi connectivity index (χ0n) is 16.3. The summed E-state index contributed by atoms with van der Waals surface area (Å²) in [5.41, 5.74) is 2.57. The fourth-order valence-electron chi connectivity index (χ4n) is 3.73. The van der Waals surface area contributed by atoms with E-state index in [1.807, 2.05) is 0 Å². The molecule has 1 aromatic rings. The van der Waals surface area contributed by atoms with E-state index in [4.69, 9.17) is 4.74 Å². The number of hydrogen-bond donors (Lipinski definition) is 0. The number of carbonyl (C=O) groups excluding carboxylic acids is 1. The highest BCUT2D eigenvalue weighted by molar-refractivity contribution is 5.74. The number of benzene rings is 1. The molecular weight excluding hydrogens is 308 g/mol. The standard InChI is InChI=1S/C23H36O2/c1-3-5-7-9-10-12-19-14-16-20(17-15-19)22-18-21(23(24)25-22)13-11-8-6-4-2/h14-17,21-22H,3-13,18H2,1-2H3. The Hall–Kier alpha value is -1.31. The number of ether oxygens (including phenoxy) is 1. The van der Waals surface area contributed by atoms with Crippen LogP contribution in [0.2, 0.25) is 0 Å². The quantitative estimate of drug-likeness (QED) is 0.309. The second kappa shape index (κ2) is 11.3. The maximum Gasteiger partial charge on any atom is 0.309 e. The Morgan fingerprint density at radius 3 is 2.20 bits per heavy atom. The Morgan fingerprint density at radius 2 is 1.52 bits per heavy atom. The summed E-state index contributed by atoms with van der Waals surface area (Å²) in [6.45, 7) is 4.47. The molecule has 0 spiro atoms. The van der Waals surface area contributed by atoms with Crippen LogP contribution in [0.5, 0.6) is 0 Å². The number of esters is 1. The average molecular weight is 345 g/mol. The maximum absolute atomic E-state index is 12.1. The molecule has 2 atom stereocenters. The minimum atomic E-state index is -0.0257. The number of unbranched alkanes of at least 4 members (excludes halogenated alkanes) is 7. The van der Waals surface area contributed by atoms with Crippen molar-refractivity contribution in [3.8, 4) is 0 Å². The topological polar surface area (TPSA) is 26.3 Å². The molecule has 0 N–H and O–H groups in total. The molecule has 2 unspecified atom stereocenters. The van der Waals surface area contributed by atoms with Gasteiger partial charge in [0.1, 0.15) is 6.10 Å². The average Bonchev–Trinajstić information content (AvgIpc) is 3.00. The van der Waals surface area contributed by atoms with Gasteiger partial charge in [0.25, 0.3) is 0 Å². The molecule has 0 amide bonds. The van der Waals surface area contributed by atoms with Crippen LogP contribution in [0.15, 0.2) is 24.3 Å². The van der Waals surface area contributed by atoms with E-state index < -0.39 is 0 Å². The first-order chi connectivity index (χ1) is 12.2. The predicted molar refractivity (Wildman–Crippen MR) is 105 cm³/mol. The molecule has 1 saturated heterocycles. The van der Waals surface area contributed by atoms with E-state index in [9.17, 15) is 4.79 Å². The van der Waals surface area contributed by atoms with Crippen LogP contribution >= 0.6 is 0 Å². The van der Waals surface area contributed by atoms with E-state index >= 15 is 0 Å². The van der Waals surface area contributed by atoms with Crippen molar-refractivity contribution in [2.24, 2.45) is 5.92 Å². The molecule has 2 heteroatoms. The summed E-state index contributed by atoms with van der Waals surface area (Å²) in [5.74, 6) is 0.126. The van der Waals surface area contributed by atoms with Crippen LogP contribution in [0.3, 0.4) is 0 Å². The van der Waals surface area contributed by atoms with Crippen LogP contribution in [0, 0.1) is 5.92 Å². The van der Waals surface area contributed by atoms with E-state index in [1.165, 1.54) is 62.5 Å². The van der Waals surface area contributed by atoms with Crippen molar-refractivity contribution in [2.75, 3.05) is 0 Å². The van der Waals surface area contributed by atoms with Gasteiger partial charge in [0.15, 0.2) is 0 Å². The molecule has 2 rings (SSSR count). The van der Waals surface area contributed by atoms with Crippen LogP contribution in [0.1, 0.15) is 102 Å². The maximum atomic E-state index is 12.1. The third-order valence-corrected chi connectivity index (χ3v) is 5.42. The zero-order valence-corrected chi connectivity index (χ0v) is 16.3. The van der Waals surface area contributed by atoms with Crippen LogP contribution in [-0.4, -0.2) is 5.97 Å². The number of rotatable bonds is 12. The Balaban J connectivity index is 1.75. The second-order valence-electron chi connectivity index (χ2n) is 7.61. The van der Waals surface area contributed by atoms with Crippen LogP contribution in [0.4, 0.5) is 0 Å². The van der Waals surface area contributed by atoms with Gasteiger partial charge < -0.3 is 4.74 Å². The van der Waals surface area contributed by atoms with E-state index in [0.717, 1.165) is 25.7 Å². The first-order valence-corrected chi connectivity index (χ1v) is 10.5. The fourth-order valence-corrected chi connectivity index (χ4v) is 3.73. The molecule has 1 fully saturated rings. The third kappa shape index (κ3) is 6.84. The van der Waals surface area contributed by atoms with Crippen molar-refractivity contribution in [3.63, 3.8) is 0 Å². The summed E-state index contributed by atoms with van der Waals surface area (Å²) >= 11 is 0. The minimum Gasteiger partial charge on any atom is -0.457 e. The number of aryl methyl sites for hydroxylation is 1. The fraction of sp³-hybridized carbons (Fsp3) is 0.696. The van der Waals surface area contributed by atoms with Gasteiger partial charge in [-0.25, -0.2) is 0 Å². The van der Waals surface area contributed by atoms with Gasteiger partial charge in [0, 0.05) is 6.42 Å². The lowest BCUT2D eigenvalue weighted by Gasteiger charge is -2.10. The largest absolute Gasteiger partial charge is 0.457 e. The number of hydrogen-bond acceptors (Lipinski definition) is 2. The van der Waals surface area contributed by atoms with E-state index in [0.29, 0.717) is 0 Å². The van der Waals surface area contributed by atoms with Crippen molar-refractivity contribution in [3.05, 3.63) is 35.4 Å². The molecule has 0 saturated carbocycles. The van der Waals surface area contributed by atoms with Gasteiger partial charge in [-0.05, 0) is 30.4 Å². The van der Waals surface area contributed by atoms with E-state index in [2.05, 4.69) is 38.1 Å². The number of carbonyl (C=O) groups is 1. The molecule has 140 valence electrons. The van der Waals surface area contributed by atoms with E-state index in [-0.39, 0.29) is 18.0 Å². The van der Waals surface area contributed by atoms with Crippen molar-refractivity contribution in [1.82, 2.24) is 0 Å². The summed E-state index contributed by atoms with van der Waals surface area (Å²) in [5, 5.41) is 0. The smallest absolute Gasteiger partial charge is 0.309 e. The summed E-state index contributed by atoms with van der Waals surface area (Å²) in [7, 11) is 0. The molecule has 25 heavy (non-hydrogen) atoms. The Morgan fingerprint density at radius 1 is 0.880 bits per heavy atom. The monoisotopic (exact) mass is 344 g/mol. The molecule has 1 aromatic carbocycles. The summed E-state index contributed by atoms with van der Waals surface area (Å²) in [6, 6.07) is 8.77. The normalized spacial score (nSPS) is 20.0. The Labute approximate surface area is 154 Å². The van der Waals surface area contributed by atoms with Crippen LogP contribution < -0.4 is 0 Å².